The molecule has 3 amide bonds. The zero-order valence-electron chi connectivity index (χ0n) is 25.9. The number of hydrogen-bond donors (Lipinski definition) is 3. The number of amides is 3. The molecule has 250 valence electrons. The largest absolute Gasteiger partial charge is 0.504 e. The summed E-state index contributed by atoms with van der Waals surface area (Å²) in [6.07, 6.45) is 3.17. The fraction of sp³-hybridized carbons (Fsp3) is 0.344. The molecule has 1 fully saturated rings. The number of phenolic OH excluding ortho intramolecular Hbond substituents is 2. The lowest BCUT2D eigenvalue weighted by atomic mass is 10.0. The van der Waals surface area contributed by atoms with Crippen molar-refractivity contribution in [2.24, 2.45) is 0 Å². The van der Waals surface area contributed by atoms with Gasteiger partial charge < -0.3 is 15.5 Å². The molecule has 0 radical (unpaired) electrons. The van der Waals surface area contributed by atoms with Gasteiger partial charge in [-0.05, 0) is 66.9 Å². The van der Waals surface area contributed by atoms with Crippen LogP contribution in [0.15, 0.2) is 76.5 Å². The second kappa shape index (κ2) is 13.3. The summed E-state index contributed by atoms with van der Waals surface area (Å²) >= 11 is 0. The molecule has 1 aliphatic heterocycles. The van der Waals surface area contributed by atoms with Gasteiger partial charge in [0.2, 0.25) is 21.8 Å². The van der Waals surface area contributed by atoms with Crippen LogP contribution in [0.5, 0.6) is 11.5 Å². The first kappa shape index (κ1) is 33.9. The first-order valence-corrected chi connectivity index (χ1v) is 18.1. The topological polar surface area (TPSA) is 182 Å². The van der Waals surface area contributed by atoms with Crippen LogP contribution < -0.4 is 10.2 Å². The molecule has 3 aromatic carbocycles. The van der Waals surface area contributed by atoms with Crippen LogP contribution in [0.4, 0.5) is 5.69 Å². The highest BCUT2D eigenvalue weighted by Gasteiger charge is 2.44. The van der Waals surface area contributed by atoms with E-state index in [0.717, 1.165) is 29.9 Å². The predicted molar refractivity (Wildman–Crippen MR) is 172 cm³/mol. The van der Waals surface area contributed by atoms with E-state index in [4.69, 9.17) is 0 Å². The van der Waals surface area contributed by atoms with Gasteiger partial charge in [-0.1, -0.05) is 44.9 Å². The minimum absolute atomic E-state index is 0.0224. The SMILES string of the molecule is CCN(CC)S(=O)(=O)c1ccc(N(C(=O)CN2C(=O)c3ccccc3S2(=O)=O)[C@H](C(=O)NC2CCCC2)c2ccc(O)c(O)c2)cc1. The van der Waals surface area contributed by atoms with Crippen LogP contribution in [0.3, 0.4) is 0 Å². The van der Waals surface area contributed by atoms with Crippen molar-refractivity contribution in [3.8, 4) is 11.5 Å². The molecule has 0 spiro atoms. The van der Waals surface area contributed by atoms with Gasteiger partial charge in [-0.25, -0.2) is 21.1 Å². The highest BCUT2D eigenvalue weighted by atomic mass is 32.2. The molecule has 5 rings (SSSR count). The first-order valence-electron chi connectivity index (χ1n) is 15.2. The third kappa shape index (κ3) is 6.42. The highest BCUT2D eigenvalue weighted by molar-refractivity contribution is 7.90. The lowest BCUT2D eigenvalue weighted by Crippen LogP contribution is -2.50. The van der Waals surface area contributed by atoms with Crippen LogP contribution in [0.1, 0.15) is 61.5 Å². The lowest BCUT2D eigenvalue weighted by molar-refractivity contribution is -0.127. The van der Waals surface area contributed by atoms with Gasteiger partial charge in [-0.2, -0.15) is 4.31 Å². The molecule has 2 aliphatic rings. The standard InChI is InChI=1S/C32H36N4O9S2/c1-3-34(4-2)46(42,43)24-16-14-23(15-17-24)36(29(39)20-35-32(41)25-11-7-8-12-28(25)47(35,44)45)30(21-13-18-26(37)27(38)19-21)31(40)33-22-9-5-6-10-22/h7-8,11-19,22,30,37-38H,3-6,9-10,20H2,1-2H3,(H,33,40)/t30-/m0/s1. The van der Waals surface area contributed by atoms with Crippen molar-refractivity contribution >= 4 is 43.5 Å². The van der Waals surface area contributed by atoms with Crippen LogP contribution in [-0.2, 0) is 29.6 Å². The van der Waals surface area contributed by atoms with Gasteiger partial charge in [-0.3, -0.25) is 19.3 Å². The van der Waals surface area contributed by atoms with Gasteiger partial charge in [0.15, 0.2) is 11.5 Å². The molecule has 3 N–H and O–H groups in total. The Morgan fingerprint density at radius 1 is 0.957 bits per heavy atom. The van der Waals surface area contributed by atoms with Gasteiger partial charge in [0.1, 0.15) is 17.5 Å². The molecule has 0 saturated heterocycles. The molecule has 0 aromatic heterocycles. The van der Waals surface area contributed by atoms with E-state index in [0.29, 0.717) is 17.1 Å². The smallest absolute Gasteiger partial charge is 0.269 e. The molecule has 1 aliphatic carbocycles. The van der Waals surface area contributed by atoms with E-state index in [-0.39, 0.29) is 45.7 Å². The van der Waals surface area contributed by atoms with Gasteiger partial charge in [0, 0.05) is 24.8 Å². The molecule has 15 heteroatoms. The maximum absolute atomic E-state index is 14.3. The number of rotatable bonds is 11. The van der Waals surface area contributed by atoms with Crippen molar-refractivity contribution in [1.29, 1.82) is 0 Å². The van der Waals surface area contributed by atoms with Crippen LogP contribution in [-0.4, -0.2) is 79.1 Å². The second-order valence-corrected chi connectivity index (χ2v) is 15.1. The summed E-state index contributed by atoms with van der Waals surface area (Å²) in [4.78, 5) is 42.3. The minimum atomic E-state index is -4.41. The Kier molecular flexibility index (Phi) is 9.61. The number of anilines is 1. The van der Waals surface area contributed by atoms with Gasteiger partial charge in [0.25, 0.3) is 15.9 Å². The summed E-state index contributed by atoms with van der Waals surface area (Å²) in [7, 11) is -8.30. The van der Waals surface area contributed by atoms with E-state index in [1.807, 2.05) is 0 Å². The number of carbonyl (C=O) groups excluding carboxylic acids is 3. The Bertz CT molecular complexity index is 1900. The number of sulfonamides is 2. The summed E-state index contributed by atoms with van der Waals surface area (Å²) < 4.78 is 54.8. The number of aromatic hydroxyl groups is 2. The monoisotopic (exact) mass is 684 g/mol. The van der Waals surface area contributed by atoms with E-state index < -0.39 is 61.9 Å². The molecule has 1 atom stereocenters. The number of phenols is 2. The van der Waals surface area contributed by atoms with Gasteiger partial charge in [0.05, 0.1) is 10.5 Å². The van der Waals surface area contributed by atoms with Crippen LogP contribution in [0.25, 0.3) is 0 Å². The summed E-state index contributed by atoms with van der Waals surface area (Å²) in [5, 5.41) is 23.3. The molecular formula is C32H36N4O9S2. The van der Waals surface area contributed by atoms with Crippen molar-refractivity contribution in [2.45, 2.75) is 61.4 Å². The zero-order chi connectivity index (χ0) is 34.1. The Hall–Kier alpha value is -4.47. The van der Waals surface area contributed by atoms with Crippen LogP contribution in [0.2, 0.25) is 0 Å². The Morgan fingerprint density at radius 2 is 1.60 bits per heavy atom. The summed E-state index contributed by atoms with van der Waals surface area (Å²) in [5.74, 6) is -3.59. The van der Waals surface area contributed by atoms with Crippen LogP contribution in [0, 0.1) is 0 Å². The molecular weight excluding hydrogens is 649 g/mol. The Morgan fingerprint density at radius 3 is 2.19 bits per heavy atom. The summed E-state index contributed by atoms with van der Waals surface area (Å²) in [5.41, 5.74) is -0.00568. The van der Waals surface area contributed by atoms with Crippen molar-refractivity contribution in [1.82, 2.24) is 13.9 Å². The summed E-state index contributed by atoms with van der Waals surface area (Å²) in [6, 6.07) is 12.6. The number of nitrogens with one attached hydrogen (secondary N) is 1. The maximum atomic E-state index is 14.3. The van der Waals surface area contributed by atoms with E-state index in [1.54, 1.807) is 13.8 Å². The quantitative estimate of drug-likeness (QED) is 0.256. The molecule has 47 heavy (non-hydrogen) atoms. The molecule has 1 saturated carbocycles. The van der Waals surface area contributed by atoms with Gasteiger partial charge in [-0.15, -0.1) is 0 Å². The minimum Gasteiger partial charge on any atom is -0.504 e. The normalized spacial score (nSPS) is 16.7. The number of nitrogens with zero attached hydrogens (tertiary/aromatic N) is 3. The zero-order valence-corrected chi connectivity index (χ0v) is 27.5. The third-order valence-corrected chi connectivity index (χ3v) is 12.3. The second-order valence-electron chi connectivity index (χ2n) is 11.3. The molecule has 3 aromatic rings. The van der Waals surface area contributed by atoms with Gasteiger partial charge >= 0.3 is 0 Å². The Labute approximate surface area is 273 Å². The average molecular weight is 685 g/mol. The molecule has 13 nitrogen and oxygen atoms in total. The lowest BCUT2D eigenvalue weighted by Gasteiger charge is -2.33. The van der Waals surface area contributed by atoms with E-state index in [9.17, 15) is 41.4 Å². The summed E-state index contributed by atoms with van der Waals surface area (Å²) in [6.45, 7) is 2.86. The fourth-order valence-electron chi connectivity index (χ4n) is 5.99. The van der Waals surface area contributed by atoms with E-state index in [1.165, 1.54) is 58.9 Å². The number of fused-ring (bicyclic) bond motifs is 1. The Balaban J connectivity index is 1.62. The molecule has 0 unspecified atom stereocenters. The van der Waals surface area contributed by atoms with E-state index in [2.05, 4.69) is 5.32 Å². The number of carbonyl (C=O) groups is 3. The molecule has 1 heterocycles. The number of hydrogen-bond acceptors (Lipinski definition) is 9. The van der Waals surface area contributed by atoms with Crippen molar-refractivity contribution in [3.05, 3.63) is 77.9 Å². The predicted octanol–water partition coefficient (Wildman–Crippen LogP) is 3.11. The van der Waals surface area contributed by atoms with Crippen LogP contribution >= 0.6 is 0 Å². The van der Waals surface area contributed by atoms with Crippen molar-refractivity contribution in [2.75, 3.05) is 24.5 Å². The average Bonchev–Trinajstić information content (AvgIpc) is 3.62. The highest BCUT2D eigenvalue weighted by Crippen LogP contribution is 2.36. The first-order chi connectivity index (χ1) is 22.3. The fourth-order valence-corrected chi connectivity index (χ4v) is 8.97. The maximum Gasteiger partial charge on any atom is 0.269 e. The van der Waals surface area contributed by atoms with Crippen molar-refractivity contribution in [3.63, 3.8) is 0 Å². The van der Waals surface area contributed by atoms with Crippen molar-refractivity contribution < 1.29 is 41.4 Å². The van der Waals surface area contributed by atoms with E-state index >= 15 is 0 Å². The number of benzene rings is 3. The third-order valence-electron chi connectivity index (χ3n) is 8.44. The molecule has 0 bridgehead atoms.